The molecule has 0 bridgehead atoms. The van der Waals surface area contributed by atoms with Crippen molar-refractivity contribution < 1.29 is 4.79 Å². The van der Waals surface area contributed by atoms with Crippen molar-refractivity contribution in [3.05, 3.63) is 74.6 Å². The van der Waals surface area contributed by atoms with E-state index in [9.17, 15) is 14.4 Å². The van der Waals surface area contributed by atoms with E-state index in [2.05, 4.69) is 10.3 Å². The van der Waals surface area contributed by atoms with Crippen LogP contribution in [-0.4, -0.2) is 26.6 Å². The zero-order valence-corrected chi connectivity index (χ0v) is 18.0. The summed E-state index contributed by atoms with van der Waals surface area (Å²) in [4.78, 5) is 41.5. The van der Waals surface area contributed by atoms with Gasteiger partial charge in [0.05, 0.1) is 11.8 Å². The Bertz CT molecular complexity index is 1210. The smallest absolute Gasteiger partial charge is 0.332 e. The monoisotopic (exact) mass is 420 g/mol. The lowest BCUT2D eigenvalue weighted by Gasteiger charge is -2.28. The maximum absolute atomic E-state index is 12.3. The summed E-state index contributed by atoms with van der Waals surface area (Å²) in [5.74, 6) is 0.833. The van der Waals surface area contributed by atoms with E-state index in [1.54, 1.807) is 13.1 Å². The van der Waals surface area contributed by atoms with Crippen LogP contribution in [0.25, 0.3) is 11.0 Å². The van der Waals surface area contributed by atoms with Crippen molar-refractivity contribution in [3.63, 3.8) is 0 Å². The quantitative estimate of drug-likeness (QED) is 0.686. The first kappa shape index (κ1) is 21.0. The molecule has 0 saturated heterocycles. The van der Waals surface area contributed by atoms with Crippen molar-refractivity contribution in [2.75, 3.05) is 6.54 Å². The van der Waals surface area contributed by atoms with E-state index in [1.165, 1.54) is 11.6 Å². The number of nitrogens with zero attached hydrogens (tertiary/aromatic N) is 3. The number of aryl methyl sites for hydroxylation is 1. The summed E-state index contributed by atoms with van der Waals surface area (Å²) >= 11 is 0. The molecular formula is C24H28N4O3. The minimum atomic E-state index is -0.364. The number of aromatic nitrogens is 3. The summed E-state index contributed by atoms with van der Waals surface area (Å²) in [6.45, 7) is 0.702. The molecule has 3 aromatic rings. The molecule has 31 heavy (non-hydrogen) atoms. The van der Waals surface area contributed by atoms with Gasteiger partial charge in [0, 0.05) is 32.3 Å². The number of hydrogen-bond donors (Lipinski definition) is 1. The fourth-order valence-corrected chi connectivity index (χ4v) is 4.46. The molecule has 4 rings (SSSR count). The number of nitrogens with one attached hydrogen (secondary N) is 1. The number of amides is 1. The largest absolute Gasteiger partial charge is 0.356 e. The Kier molecular flexibility index (Phi) is 6.02. The third-order valence-electron chi connectivity index (χ3n) is 6.38. The topological polar surface area (TPSA) is 86.0 Å². The molecule has 1 aliphatic carbocycles. The van der Waals surface area contributed by atoms with Gasteiger partial charge in [-0.1, -0.05) is 30.3 Å². The highest BCUT2D eigenvalue weighted by molar-refractivity contribution is 5.78. The van der Waals surface area contributed by atoms with Crippen LogP contribution in [0, 0.1) is 5.92 Å². The Hall–Kier alpha value is -3.22. The molecule has 1 fully saturated rings. The predicted octanol–water partition coefficient (Wildman–Crippen LogP) is 2.26. The van der Waals surface area contributed by atoms with Crippen molar-refractivity contribution in [1.82, 2.24) is 19.4 Å². The lowest BCUT2D eigenvalue weighted by molar-refractivity contribution is -0.120. The van der Waals surface area contributed by atoms with E-state index in [-0.39, 0.29) is 17.2 Å². The van der Waals surface area contributed by atoms with Crippen molar-refractivity contribution in [1.29, 1.82) is 0 Å². The molecule has 0 atom stereocenters. The molecule has 1 saturated carbocycles. The summed E-state index contributed by atoms with van der Waals surface area (Å²) in [5, 5.41) is 3.54. The Labute approximate surface area is 180 Å². The van der Waals surface area contributed by atoms with Gasteiger partial charge in [0.25, 0.3) is 5.56 Å². The van der Waals surface area contributed by atoms with Crippen molar-refractivity contribution in [3.8, 4) is 0 Å². The van der Waals surface area contributed by atoms with Gasteiger partial charge in [-0.25, -0.2) is 9.78 Å². The number of pyridine rings is 1. The highest BCUT2D eigenvalue weighted by atomic mass is 16.2. The average Bonchev–Trinajstić information content (AvgIpc) is 2.80. The molecule has 1 aromatic carbocycles. The lowest BCUT2D eigenvalue weighted by Crippen LogP contribution is -2.37. The van der Waals surface area contributed by atoms with Gasteiger partial charge >= 0.3 is 5.69 Å². The first-order valence-corrected chi connectivity index (χ1v) is 10.8. The molecule has 1 aliphatic rings. The first-order chi connectivity index (χ1) is 14.9. The molecule has 7 heteroatoms. The van der Waals surface area contributed by atoms with Gasteiger partial charge < -0.3 is 5.32 Å². The van der Waals surface area contributed by atoms with Crippen LogP contribution in [0.5, 0.6) is 0 Å². The van der Waals surface area contributed by atoms with E-state index in [1.807, 2.05) is 36.4 Å². The van der Waals surface area contributed by atoms with Crippen LogP contribution in [0.15, 0.2) is 52.1 Å². The summed E-state index contributed by atoms with van der Waals surface area (Å²) in [6.07, 6.45) is 4.42. The Morgan fingerprint density at radius 3 is 2.42 bits per heavy atom. The Morgan fingerprint density at radius 1 is 1.00 bits per heavy atom. The van der Waals surface area contributed by atoms with Crippen LogP contribution >= 0.6 is 0 Å². The van der Waals surface area contributed by atoms with Gasteiger partial charge in [-0.3, -0.25) is 18.7 Å². The first-order valence-electron chi connectivity index (χ1n) is 10.8. The maximum atomic E-state index is 12.3. The minimum absolute atomic E-state index is 0.0621. The second-order valence-electron chi connectivity index (χ2n) is 8.50. The summed E-state index contributed by atoms with van der Waals surface area (Å²) < 4.78 is 2.55. The standard InChI is InChI=1S/C24H28N4O3/c1-27-22-19(23(30)28(2)24(27)31)12-13-20(26-22)18-10-8-17(9-11-18)15-25-21(29)14-16-6-4-3-5-7-16/h3-7,12-13,17-18H,8-11,14-15H2,1-2H3,(H,25,29). The third-order valence-corrected chi connectivity index (χ3v) is 6.38. The molecule has 0 aliphatic heterocycles. The fraction of sp³-hybridized carbons (Fsp3) is 0.417. The number of fused-ring (bicyclic) bond motifs is 1. The van der Waals surface area contributed by atoms with Crippen molar-refractivity contribution in [2.45, 2.75) is 38.0 Å². The predicted molar refractivity (Wildman–Crippen MR) is 120 cm³/mol. The molecule has 1 amide bonds. The van der Waals surface area contributed by atoms with Crippen LogP contribution in [0.1, 0.15) is 42.9 Å². The van der Waals surface area contributed by atoms with Crippen LogP contribution in [0.2, 0.25) is 0 Å². The van der Waals surface area contributed by atoms with E-state index < -0.39 is 0 Å². The van der Waals surface area contributed by atoms with Crippen LogP contribution in [0.3, 0.4) is 0 Å². The molecule has 162 valence electrons. The van der Waals surface area contributed by atoms with Gasteiger partial charge in [0.2, 0.25) is 5.91 Å². The molecule has 1 N–H and O–H groups in total. The number of carbonyl (C=O) groups excluding carboxylic acids is 1. The van der Waals surface area contributed by atoms with Gasteiger partial charge in [-0.05, 0) is 49.3 Å². The number of rotatable bonds is 5. The molecular weight excluding hydrogens is 392 g/mol. The molecule has 0 spiro atoms. The summed E-state index contributed by atoms with van der Waals surface area (Å²) in [7, 11) is 3.13. The fourth-order valence-electron chi connectivity index (χ4n) is 4.46. The number of hydrogen-bond acceptors (Lipinski definition) is 4. The van der Waals surface area contributed by atoms with Crippen LogP contribution < -0.4 is 16.6 Å². The van der Waals surface area contributed by atoms with Crippen molar-refractivity contribution in [2.24, 2.45) is 20.0 Å². The van der Waals surface area contributed by atoms with E-state index >= 15 is 0 Å². The lowest BCUT2D eigenvalue weighted by atomic mass is 9.80. The SMILES string of the molecule is Cn1c(=O)c2ccc(C3CCC(CNC(=O)Cc4ccccc4)CC3)nc2n(C)c1=O. The van der Waals surface area contributed by atoms with Gasteiger partial charge in [0.15, 0.2) is 0 Å². The Morgan fingerprint density at radius 2 is 1.71 bits per heavy atom. The molecule has 7 nitrogen and oxygen atoms in total. The highest BCUT2D eigenvalue weighted by Gasteiger charge is 2.24. The maximum Gasteiger partial charge on any atom is 0.332 e. The molecule has 0 unspecified atom stereocenters. The van der Waals surface area contributed by atoms with Gasteiger partial charge in [-0.15, -0.1) is 0 Å². The van der Waals surface area contributed by atoms with E-state index in [0.717, 1.165) is 41.5 Å². The van der Waals surface area contributed by atoms with Gasteiger partial charge in [0.1, 0.15) is 5.65 Å². The number of benzene rings is 1. The zero-order chi connectivity index (χ0) is 22.0. The average molecular weight is 421 g/mol. The summed E-state index contributed by atoms with van der Waals surface area (Å²) in [5.41, 5.74) is 1.72. The highest BCUT2D eigenvalue weighted by Crippen LogP contribution is 2.35. The van der Waals surface area contributed by atoms with E-state index in [4.69, 9.17) is 0 Å². The normalized spacial score (nSPS) is 18.8. The van der Waals surface area contributed by atoms with Gasteiger partial charge in [-0.2, -0.15) is 0 Å². The second-order valence-corrected chi connectivity index (χ2v) is 8.50. The summed E-state index contributed by atoms with van der Waals surface area (Å²) in [6, 6.07) is 13.5. The van der Waals surface area contributed by atoms with Crippen molar-refractivity contribution >= 4 is 16.9 Å². The van der Waals surface area contributed by atoms with E-state index in [0.29, 0.717) is 35.8 Å². The minimum Gasteiger partial charge on any atom is -0.356 e. The van der Waals surface area contributed by atoms with Crippen LogP contribution in [-0.2, 0) is 25.3 Å². The second kappa shape index (κ2) is 8.88. The molecule has 2 heterocycles. The third kappa shape index (κ3) is 4.45. The molecule has 0 radical (unpaired) electrons. The number of carbonyl (C=O) groups is 1. The zero-order valence-electron chi connectivity index (χ0n) is 18.0. The Balaban J connectivity index is 1.36. The van der Waals surface area contributed by atoms with Crippen LogP contribution in [0.4, 0.5) is 0 Å². The molecule has 2 aromatic heterocycles.